The average molecular weight is 280 g/mol. The smallest absolute Gasteiger partial charge is 0.223 e. The Morgan fingerprint density at radius 1 is 1.47 bits per heavy atom. The molecule has 0 saturated heterocycles. The van der Waals surface area contributed by atoms with E-state index in [4.69, 9.17) is 11.6 Å². The zero-order chi connectivity index (χ0) is 14.2. The summed E-state index contributed by atoms with van der Waals surface area (Å²) in [5.41, 5.74) is -0.379. The quantitative estimate of drug-likeness (QED) is 0.604. The number of carbonyl (C=O) groups excluding carboxylic acids is 2. The Hall–Kier alpha value is -2.27. The molecule has 1 heterocycles. The summed E-state index contributed by atoms with van der Waals surface area (Å²) in [5.74, 6) is -3.25. The number of halogens is 2. The number of hydrogen-bond acceptors (Lipinski definition) is 3. The van der Waals surface area contributed by atoms with Crippen LogP contribution >= 0.6 is 11.6 Å². The lowest BCUT2D eigenvalue weighted by atomic mass is 9.98. The molecule has 0 aliphatic carbocycles. The molecule has 1 aliphatic heterocycles. The van der Waals surface area contributed by atoms with E-state index in [9.17, 15) is 19.1 Å². The monoisotopic (exact) mass is 279 g/mol. The summed E-state index contributed by atoms with van der Waals surface area (Å²) >= 11 is 5.66. The molecular formula is C13H7ClFNO3. The average Bonchev–Trinajstić information content (AvgIpc) is 2.35. The summed E-state index contributed by atoms with van der Waals surface area (Å²) in [6.45, 7) is 3.48. The molecule has 1 aromatic carbocycles. The summed E-state index contributed by atoms with van der Waals surface area (Å²) in [7, 11) is 0. The fraction of sp³-hybridized carbons (Fsp3) is 0. The highest BCUT2D eigenvalue weighted by molar-refractivity contribution is 6.31. The topological polar surface area (TPSA) is 60.2 Å². The lowest BCUT2D eigenvalue weighted by molar-refractivity contribution is -0.357. The number of ketones is 1. The van der Waals surface area contributed by atoms with Gasteiger partial charge in [-0.25, -0.2) is 4.39 Å². The molecule has 0 spiro atoms. The third-order valence-electron chi connectivity index (χ3n) is 2.56. The van der Waals surface area contributed by atoms with Gasteiger partial charge in [0.1, 0.15) is 11.4 Å². The first-order valence-electron chi connectivity index (χ1n) is 5.17. The second kappa shape index (κ2) is 4.78. The molecule has 1 aromatic rings. The Kier molecular flexibility index (Phi) is 3.31. The molecule has 0 fully saturated rings. The van der Waals surface area contributed by atoms with Crippen molar-refractivity contribution in [3.63, 3.8) is 0 Å². The number of Topliss-reactive ketones (excluding diaryl/α,β-unsaturated/α-hetero) is 1. The number of rotatable bonds is 2. The molecule has 19 heavy (non-hydrogen) atoms. The van der Waals surface area contributed by atoms with Crippen molar-refractivity contribution in [1.82, 2.24) is 0 Å². The predicted molar refractivity (Wildman–Crippen MR) is 65.0 cm³/mol. The standard InChI is InChI=1S/C13H7ClFNO3/c1-2-3-16-6-8(13(18)19)12(17)7-4-10(15)9(14)5-11(7)16/h2-6H,1H2. The SMILES string of the molecule is C=CC=[N+]1C=C(C(=O)[O-])C(=O)c2cc(F)c(Cl)cc21. The van der Waals surface area contributed by atoms with E-state index in [1.165, 1.54) is 22.9 Å². The van der Waals surface area contributed by atoms with Gasteiger partial charge in [-0.3, -0.25) is 4.79 Å². The first kappa shape index (κ1) is 13.2. The van der Waals surface area contributed by atoms with Crippen LogP contribution in [-0.2, 0) is 4.79 Å². The molecule has 6 heteroatoms. The fourth-order valence-electron chi connectivity index (χ4n) is 1.73. The number of hydrogen-bond donors (Lipinski definition) is 0. The molecule has 1 aliphatic rings. The third-order valence-corrected chi connectivity index (χ3v) is 2.85. The molecule has 0 unspecified atom stereocenters. The number of nitrogens with zero attached hydrogens (tertiary/aromatic N) is 1. The zero-order valence-corrected chi connectivity index (χ0v) is 10.3. The maximum Gasteiger partial charge on any atom is 0.223 e. The molecule has 0 aromatic heterocycles. The second-order valence-corrected chi connectivity index (χ2v) is 4.14. The van der Waals surface area contributed by atoms with Crippen LogP contribution in [0.1, 0.15) is 10.4 Å². The maximum atomic E-state index is 13.4. The van der Waals surface area contributed by atoms with Gasteiger partial charge in [0.15, 0.2) is 12.4 Å². The van der Waals surface area contributed by atoms with Crippen LogP contribution in [0.25, 0.3) is 0 Å². The summed E-state index contributed by atoms with van der Waals surface area (Å²) in [5, 5.41) is 10.7. The normalized spacial score (nSPS) is 16.0. The van der Waals surface area contributed by atoms with E-state index in [1.54, 1.807) is 0 Å². The lowest BCUT2D eigenvalue weighted by Crippen LogP contribution is -2.32. The van der Waals surface area contributed by atoms with Gasteiger partial charge in [0, 0.05) is 6.07 Å². The highest BCUT2D eigenvalue weighted by atomic mass is 35.5. The first-order chi connectivity index (χ1) is 8.95. The first-order valence-corrected chi connectivity index (χ1v) is 5.54. The van der Waals surface area contributed by atoms with Crippen LogP contribution in [0.15, 0.2) is 36.6 Å². The van der Waals surface area contributed by atoms with E-state index >= 15 is 0 Å². The van der Waals surface area contributed by atoms with E-state index in [0.29, 0.717) is 0 Å². The second-order valence-electron chi connectivity index (χ2n) is 3.73. The van der Waals surface area contributed by atoms with Crippen molar-refractivity contribution in [3.8, 4) is 0 Å². The van der Waals surface area contributed by atoms with Crippen LogP contribution in [0.3, 0.4) is 0 Å². The summed E-state index contributed by atoms with van der Waals surface area (Å²) in [4.78, 5) is 22.8. The van der Waals surface area contributed by atoms with Gasteiger partial charge in [0.25, 0.3) is 0 Å². The number of aliphatic carboxylic acids is 1. The van der Waals surface area contributed by atoms with Gasteiger partial charge in [0.2, 0.25) is 11.5 Å². The van der Waals surface area contributed by atoms with Crippen molar-refractivity contribution >= 4 is 35.3 Å². The van der Waals surface area contributed by atoms with Crippen molar-refractivity contribution in [2.45, 2.75) is 0 Å². The Morgan fingerprint density at radius 3 is 2.74 bits per heavy atom. The largest absolute Gasteiger partial charge is 0.544 e. The van der Waals surface area contributed by atoms with Crippen LogP contribution in [0, 0.1) is 5.82 Å². The molecule has 0 radical (unpaired) electrons. The molecule has 0 saturated carbocycles. The van der Waals surface area contributed by atoms with Gasteiger partial charge < -0.3 is 9.90 Å². The Labute approximate surface area is 112 Å². The highest BCUT2D eigenvalue weighted by Gasteiger charge is 2.31. The van der Waals surface area contributed by atoms with Crippen LogP contribution < -0.4 is 5.11 Å². The Morgan fingerprint density at radius 2 is 2.16 bits per heavy atom. The summed E-state index contributed by atoms with van der Waals surface area (Å²) in [6, 6.07) is 2.15. The van der Waals surface area contributed by atoms with Gasteiger partial charge >= 0.3 is 0 Å². The van der Waals surface area contributed by atoms with E-state index in [1.807, 2.05) is 0 Å². The number of carbonyl (C=O) groups is 2. The summed E-state index contributed by atoms with van der Waals surface area (Å²) < 4.78 is 14.7. The molecule has 0 amide bonds. The van der Waals surface area contributed by atoms with Crippen LogP contribution in [0.4, 0.5) is 10.1 Å². The van der Waals surface area contributed by atoms with Gasteiger partial charge in [-0.05, 0) is 12.1 Å². The number of allylic oxidation sites excluding steroid dienone is 1. The number of carboxylic acids is 1. The van der Waals surface area contributed by atoms with Gasteiger partial charge in [0.05, 0.1) is 16.6 Å². The number of fused-ring (bicyclic) bond motifs is 1. The molecule has 2 rings (SSSR count). The minimum atomic E-state index is -1.63. The van der Waals surface area contributed by atoms with Crippen molar-refractivity contribution in [3.05, 3.63) is 53.0 Å². The fourth-order valence-corrected chi connectivity index (χ4v) is 1.88. The van der Waals surface area contributed by atoms with Crippen LogP contribution in [-0.4, -0.2) is 22.5 Å². The van der Waals surface area contributed by atoms with Gasteiger partial charge in [-0.15, -0.1) is 0 Å². The van der Waals surface area contributed by atoms with E-state index < -0.39 is 23.1 Å². The Balaban J connectivity index is 2.76. The van der Waals surface area contributed by atoms with Crippen LogP contribution in [0.5, 0.6) is 0 Å². The highest BCUT2D eigenvalue weighted by Crippen LogP contribution is 2.31. The predicted octanol–water partition coefficient (Wildman–Crippen LogP) is 1.21. The number of carboxylic acid groups (broad SMARTS) is 1. The zero-order valence-electron chi connectivity index (χ0n) is 9.52. The van der Waals surface area contributed by atoms with Gasteiger partial charge in [-0.2, -0.15) is 4.58 Å². The molecule has 0 N–H and O–H groups in total. The molecule has 4 nitrogen and oxygen atoms in total. The minimum Gasteiger partial charge on any atom is -0.544 e. The molecular weight excluding hydrogens is 273 g/mol. The number of benzene rings is 1. The molecule has 0 atom stereocenters. The van der Waals surface area contributed by atoms with E-state index in [0.717, 1.165) is 12.3 Å². The van der Waals surface area contributed by atoms with E-state index in [2.05, 4.69) is 6.58 Å². The van der Waals surface area contributed by atoms with Crippen molar-refractivity contribution < 1.29 is 23.7 Å². The maximum absolute atomic E-state index is 13.4. The third kappa shape index (κ3) is 2.20. The molecule has 96 valence electrons. The molecule has 0 bridgehead atoms. The van der Waals surface area contributed by atoms with Crippen molar-refractivity contribution in [1.29, 1.82) is 0 Å². The van der Waals surface area contributed by atoms with Crippen molar-refractivity contribution in [2.24, 2.45) is 0 Å². The van der Waals surface area contributed by atoms with Crippen LogP contribution in [0.2, 0.25) is 5.02 Å². The van der Waals surface area contributed by atoms with Gasteiger partial charge in [-0.1, -0.05) is 18.2 Å². The van der Waals surface area contributed by atoms with E-state index in [-0.39, 0.29) is 16.3 Å². The minimum absolute atomic E-state index is 0.0956. The Bertz CT molecular complexity index is 677. The summed E-state index contributed by atoms with van der Waals surface area (Å²) in [6.07, 6.45) is 3.89. The lowest BCUT2D eigenvalue weighted by Gasteiger charge is -2.14. The van der Waals surface area contributed by atoms with Crippen molar-refractivity contribution in [2.75, 3.05) is 0 Å².